The van der Waals surface area contributed by atoms with Crippen LogP contribution >= 0.6 is 27.5 Å². The van der Waals surface area contributed by atoms with Crippen LogP contribution in [-0.2, 0) is 0 Å². The number of hydrogen-bond donors (Lipinski definition) is 1. The van der Waals surface area contributed by atoms with Gasteiger partial charge < -0.3 is 5.32 Å². The number of nitrogens with zero attached hydrogens (tertiary/aromatic N) is 1. The highest BCUT2D eigenvalue weighted by Gasteiger charge is 2.11. The number of benzene rings is 1. The molecule has 1 heterocycles. The molecule has 0 saturated heterocycles. The van der Waals surface area contributed by atoms with E-state index in [0.717, 1.165) is 5.56 Å². The third kappa shape index (κ3) is 2.89. The van der Waals surface area contributed by atoms with E-state index in [1.165, 1.54) is 0 Å². The zero-order valence-electron chi connectivity index (χ0n) is 9.58. The lowest BCUT2D eigenvalue weighted by molar-refractivity contribution is 0.102. The number of hydrogen-bond acceptors (Lipinski definition) is 2. The van der Waals surface area contributed by atoms with E-state index in [1.807, 2.05) is 13.0 Å². The summed E-state index contributed by atoms with van der Waals surface area (Å²) in [5.74, 6) is -0.222. The number of nitrogens with one attached hydrogen (secondary N) is 1. The Morgan fingerprint density at radius 3 is 2.89 bits per heavy atom. The molecule has 0 saturated carbocycles. The van der Waals surface area contributed by atoms with Crippen LogP contribution in [0.5, 0.6) is 0 Å². The van der Waals surface area contributed by atoms with Crippen molar-refractivity contribution in [2.24, 2.45) is 0 Å². The van der Waals surface area contributed by atoms with Crippen molar-refractivity contribution in [2.45, 2.75) is 6.92 Å². The Balaban J connectivity index is 2.27. The molecule has 0 fully saturated rings. The molecule has 18 heavy (non-hydrogen) atoms. The predicted octanol–water partition coefficient (Wildman–Crippen LogP) is 4.06. The number of rotatable bonds is 2. The van der Waals surface area contributed by atoms with Gasteiger partial charge in [-0.05, 0) is 52.7 Å². The summed E-state index contributed by atoms with van der Waals surface area (Å²) in [7, 11) is 0. The number of halogens is 2. The molecule has 0 spiro atoms. The van der Waals surface area contributed by atoms with Crippen molar-refractivity contribution in [3.63, 3.8) is 0 Å². The first-order chi connectivity index (χ1) is 8.58. The van der Waals surface area contributed by atoms with Crippen molar-refractivity contribution < 1.29 is 4.79 Å². The minimum absolute atomic E-state index is 0.222. The molecule has 0 aliphatic rings. The Morgan fingerprint density at radius 1 is 1.39 bits per heavy atom. The topological polar surface area (TPSA) is 42.0 Å². The lowest BCUT2D eigenvalue weighted by Gasteiger charge is -2.09. The molecule has 0 atom stereocenters. The van der Waals surface area contributed by atoms with E-state index in [0.29, 0.717) is 20.9 Å². The average molecular weight is 326 g/mol. The lowest BCUT2D eigenvalue weighted by Crippen LogP contribution is -2.13. The summed E-state index contributed by atoms with van der Waals surface area (Å²) < 4.78 is 0.516. The number of amides is 1. The molecular weight excluding hydrogens is 316 g/mol. The highest BCUT2D eigenvalue weighted by Crippen LogP contribution is 2.22. The summed E-state index contributed by atoms with van der Waals surface area (Å²) in [6.45, 7) is 1.91. The van der Waals surface area contributed by atoms with Gasteiger partial charge in [0.25, 0.3) is 5.91 Å². The van der Waals surface area contributed by atoms with Gasteiger partial charge in [0.1, 0.15) is 4.60 Å². The Kier molecular flexibility index (Phi) is 3.99. The number of carbonyl (C=O) groups excluding carboxylic acids is 1. The van der Waals surface area contributed by atoms with Crippen LogP contribution in [0.15, 0.2) is 41.1 Å². The maximum atomic E-state index is 12.1. The van der Waals surface area contributed by atoms with Gasteiger partial charge in [-0.15, -0.1) is 0 Å². The number of aromatic nitrogens is 1. The molecule has 1 amide bonds. The molecule has 1 aromatic carbocycles. The fraction of sp³-hybridized carbons (Fsp3) is 0.0769. The zero-order chi connectivity index (χ0) is 13.1. The maximum Gasteiger partial charge on any atom is 0.258 e. The SMILES string of the molecule is Cc1ccc(Cl)cc1NC(=O)c1cccnc1Br. The van der Waals surface area contributed by atoms with E-state index in [9.17, 15) is 4.79 Å². The molecule has 0 unspecified atom stereocenters. The Hall–Kier alpha value is -1.39. The molecule has 0 aliphatic carbocycles. The van der Waals surface area contributed by atoms with Gasteiger partial charge in [-0.1, -0.05) is 17.7 Å². The van der Waals surface area contributed by atoms with Gasteiger partial charge >= 0.3 is 0 Å². The van der Waals surface area contributed by atoms with Crippen molar-refractivity contribution in [3.8, 4) is 0 Å². The Morgan fingerprint density at radius 2 is 2.17 bits per heavy atom. The molecule has 92 valence electrons. The van der Waals surface area contributed by atoms with E-state index in [-0.39, 0.29) is 5.91 Å². The first-order valence-corrected chi connectivity index (χ1v) is 6.43. The minimum Gasteiger partial charge on any atom is -0.322 e. The molecule has 2 rings (SSSR count). The summed E-state index contributed by atoms with van der Waals surface area (Å²) in [6.07, 6.45) is 1.62. The quantitative estimate of drug-likeness (QED) is 0.846. The van der Waals surface area contributed by atoms with Crippen molar-refractivity contribution >= 4 is 39.1 Å². The van der Waals surface area contributed by atoms with E-state index >= 15 is 0 Å². The van der Waals surface area contributed by atoms with E-state index in [1.54, 1.807) is 30.5 Å². The van der Waals surface area contributed by atoms with Gasteiger partial charge in [0, 0.05) is 16.9 Å². The third-order valence-electron chi connectivity index (χ3n) is 2.45. The number of aryl methyl sites for hydroxylation is 1. The molecule has 3 nitrogen and oxygen atoms in total. The summed E-state index contributed by atoms with van der Waals surface area (Å²) in [4.78, 5) is 16.1. The van der Waals surface area contributed by atoms with Gasteiger partial charge in [0.05, 0.1) is 5.56 Å². The van der Waals surface area contributed by atoms with Crippen LogP contribution in [0.25, 0.3) is 0 Å². The first-order valence-electron chi connectivity index (χ1n) is 5.26. The van der Waals surface area contributed by atoms with Crippen molar-refractivity contribution in [1.82, 2.24) is 4.98 Å². The van der Waals surface area contributed by atoms with Gasteiger partial charge in [0.15, 0.2) is 0 Å². The van der Waals surface area contributed by atoms with E-state index < -0.39 is 0 Å². The molecule has 0 aliphatic heterocycles. The monoisotopic (exact) mass is 324 g/mol. The fourth-order valence-electron chi connectivity index (χ4n) is 1.47. The van der Waals surface area contributed by atoms with Crippen LogP contribution in [0, 0.1) is 6.92 Å². The molecule has 1 aromatic heterocycles. The first kappa shape index (κ1) is 13.1. The van der Waals surface area contributed by atoms with Crippen molar-refractivity contribution in [1.29, 1.82) is 0 Å². The standard InChI is InChI=1S/C13H10BrClN2O/c1-8-4-5-9(15)7-11(8)17-13(18)10-3-2-6-16-12(10)14/h2-7H,1H3,(H,17,18). The lowest BCUT2D eigenvalue weighted by atomic mass is 10.2. The zero-order valence-corrected chi connectivity index (χ0v) is 11.9. The number of carbonyl (C=O) groups is 1. The molecule has 0 bridgehead atoms. The van der Waals surface area contributed by atoms with Crippen LogP contribution in [0.3, 0.4) is 0 Å². The number of anilines is 1. The maximum absolute atomic E-state index is 12.1. The highest BCUT2D eigenvalue weighted by molar-refractivity contribution is 9.10. The molecule has 1 N–H and O–H groups in total. The van der Waals surface area contributed by atoms with Crippen LogP contribution < -0.4 is 5.32 Å². The Labute approximate surface area is 118 Å². The van der Waals surface area contributed by atoms with Crippen LogP contribution in [0.4, 0.5) is 5.69 Å². The number of pyridine rings is 1. The smallest absolute Gasteiger partial charge is 0.258 e. The second-order valence-electron chi connectivity index (χ2n) is 3.76. The van der Waals surface area contributed by atoms with Crippen molar-refractivity contribution in [3.05, 3.63) is 57.3 Å². The minimum atomic E-state index is -0.222. The summed E-state index contributed by atoms with van der Waals surface area (Å²) in [5, 5.41) is 3.40. The summed E-state index contributed by atoms with van der Waals surface area (Å²) >= 11 is 9.15. The highest BCUT2D eigenvalue weighted by atomic mass is 79.9. The fourth-order valence-corrected chi connectivity index (χ4v) is 2.08. The average Bonchev–Trinajstić information content (AvgIpc) is 2.34. The molecule has 0 radical (unpaired) electrons. The summed E-state index contributed by atoms with van der Waals surface area (Å²) in [5.41, 5.74) is 2.13. The normalized spacial score (nSPS) is 10.2. The third-order valence-corrected chi connectivity index (χ3v) is 3.32. The van der Waals surface area contributed by atoms with Crippen LogP contribution in [-0.4, -0.2) is 10.9 Å². The van der Waals surface area contributed by atoms with Crippen molar-refractivity contribution in [2.75, 3.05) is 5.32 Å². The predicted molar refractivity (Wildman–Crippen MR) is 76.1 cm³/mol. The molecule has 5 heteroatoms. The van der Waals surface area contributed by atoms with Gasteiger partial charge in [-0.25, -0.2) is 4.98 Å². The van der Waals surface area contributed by atoms with E-state index in [4.69, 9.17) is 11.6 Å². The van der Waals surface area contributed by atoms with Gasteiger partial charge in [0.2, 0.25) is 0 Å². The van der Waals surface area contributed by atoms with Gasteiger partial charge in [-0.2, -0.15) is 0 Å². The Bertz CT molecular complexity index is 601. The van der Waals surface area contributed by atoms with E-state index in [2.05, 4.69) is 26.2 Å². The second kappa shape index (κ2) is 5.50. The summed E-state index contributed by atoms with van der Waals surface area (Å²) in [6, 6.07) is 8.78. The van der Waals surface area contributed by atoms with Gasteiger partial charge in [-0.3, -0.25) is 4.79 Å². The molecular formula is C13H10BrClN2O. The van der Waals surface area contributed by atoms with Crippen LogP contribution in [0.2, 0.25) is 5.02 Å². The molecule has 2 aromatic rings. The van der Waals surface area contributed by atoms with Crippen LogP contribution in [0.1, 0.15) is 15.9 Å². The second-order valence-corrected chi connectivity index (χ2v) is 4.94. The largest absolute Gasteiger partial charge is 0.322 e.